The van der Waals surface area contributed by atoms with Gasteiger partial charge < -0.3 is 10.0 Å². The summed E-state index contributed by atoms with van der Waals surface area (Å²) in [5.41, 5.74) is 0.880. The minimum Gasteiger partial charge on any atom is -0.481 e. The van der Waals surface area contributed by atoms with E-state index >= 15 is 0 Å². The molecule has 20 heavy (non-hydrogen) atoms. The number of halogens is 1. The van der Waals surface area contributed by atoms with Crippen molar-refractivity contribution in [3.05, 3.63) is 35.6 Å². The number of hydrogen-bond acceptors (Lipinski definition) is 3. The van der Waals surface area contributed by atoms with Crippen molar-refractivity contribution in [1.29, 1.82) is 0 Å². The smallest absolute Gasteiger partial charge is 0.304 e. The summed E-state index contributed by atoms with van der Waals surface area (Å²) in [5, 5.41) is 8.66. The fourth-order valence-corrected chi connectivity index (χ4v) is 3.36. The van der Waals surface area contributed by atoms with Crippen LogP contribution in [-0.4, -0.2) is 33.0 Å². The van der Waals surface area contributed by atoms with Crippen LogP contribution in [0.2, 0.25) is 0 Å². The average Bonchev–Trinajstić information content (AvgIpc) is 2.74. The third kappa shape index (κ3) is 3.96. The van der Waals surface area contributed by atoms with Crippen molar-refractivity contribution in [2.24, 2.45) is 0 Å². The molecule has 1 atom stereocenters. The van der Waals surface area contributed by atoms with Crippen molar-refractivity contribution < 1.29 is 19.1 Å². The van der Waals surface area contributed by atoms with Gasteiger partial charge in [0, 0.05) is 18.7 Å². The maximum absolute atomic E-state index is 12.9. The van der Waals surface area contributed by atoms with Crippen LogP contribution in [0, 0.1) is 5.82 Å². The summed E-state index contributed by atoms with van der Waals surface area (Å²) in [5.74, 6) is -0.560. The minimum atomic E-state index is -0.827. The molecule has 1 saturated heterocycles. The number of carboxylic acid groups (broad SMARTS) is 1. The lowest BCUT2D eigenvalue weighted by Crippen LogP contribution is -2.30. The Labute approximate surface area is 121 Å². The highest BCUT2D eigenvalue weighted by molar-refractivity contribution is 7.99. The second kappa shape index (κ2) is 6.74. The number of thioether (sulfide) groups is 1. The number of rotatable bonds is 6. The molecule has 0 bridgehead atoms. The van der Waals surface area contributed by atoms with E-state index in [1.165, 1.54) is 23.9 Å². The van der Waals surface area contributed by atoms with E-state index in [2.05, 4.69) is 0 Å². The Morgan fingerprint density at radius 3 is 2.75 bits per heavy atom. The lowest BCUT2D eigenvalue weighted by atomic mass is 10.2. The molecule has 2 rings (SSSR count). The Morgan fingerprint density at radius 1 is 1.40 bits per heavy atom. The van der Waals surface area contributed by atoms with E-state index in [0.29, 0.717) is 18.7 Å². The van der Waals surface area contributed by atoms with Crippen molar-refractivity contribution in [3.63, 3.8) is 0 Å². The number of benzene rings is 1. The highest BCUT2D eigenvalue weighted by Gasteiger charge is 2.31. The Morgan fingerprint density at radius 2 is 2.10 bits per heavy atom. The summed E-state index contributed by atoms with van der Waals surface area (Å²) < 4.78 is 12.9. The molecule has 0 unspecified atom stereocenters. The predicted molar refractivity (Wildman–Crippen MR) is 74.7 cm³/mol. The maximum atomic E-state index is 12.9. The van der Waals surface area contributed by atoms with Gasteiger partial charge in [0.1, 0.15) is 5.82 Å². The van der Waals surface area contributed by atoms with Gasteiger partial charge in [-0.05, 0) is 24.1 Å². The number of aliphatic carboxylic acids is 1. The monoisotopic (exact) mass is 297 g/mol. The zero-order chi connectivity index (χ0) is 14.5. The number of likely N-dealkylation sites (tertiary alicyclic amines) is 1. The molecule has 0 saturated carbocycles. The maximum Gasteiger partial charge on any atom is 0.304 e. The molecule has 1 fully saturated rings. The third-order valence-corrected chi connectivity index (χ3v) is 4.48. The molecular weight excluding hydrogens is 281 g/mol. The molecule has 1 aromatic carbocycles. The number of carboxylic acids is 1. The van der Waals surface area contributed by atoms with Gasteiger partial charge in [-0.3, -0.25) is 9.59 Å². The molecule has 0 aromatic heterocycles. The third-order valence-electron chi connectivity index (χ3n) is 3.17. The summed E-state index contributed by atoms with van der Waals surface area (Å²) in [6.07, 6.45) is 1.33. The minimum absolute atomic E-state index is 0.0203. The molecule has 0 radical (unpaired) electrons. The highest BCUT2D eigenvalue weighted by Crippen LogP contribution is 2.30. The molecule has 1 N–H and O–H groups in total. The van der Waals surface area contributed by atoms with E-state index in [1.54, 1.807) is 17.0 Å². The molecule has 108 valence electrons. The van der Waals surface area contributed by atoms with Gasteiger partial charge in [0.05, 0.1) is 11.8 Å². The van der Waals surface area contributed by atoms with E-state index in [4.69, 9.17) is 5.11 Å². The molecular formula is C14H16FNO3S. The summed E-state index contributed by atoms with van der Waals surface area (Å²) in [4.78, 5) is 24.1. The normalized spacial score (nSPS) is 18.6. The van der Waals surface area contributed by atoms with Crippen molar-refractivity contribution in [2.75, 3.05) is 5.75 Å². The molecule has 1 amide bonds. The summed E-state index contributed by atoms with van der Waals surface area (Å²) in [6.45, 7) is 0.448. The van der Waals surface area contributed by atoms with Crippen LogP contribution in [0.15, 0.2) is 24.3 Å². The molecule has 1 aliphatic rings. The van der Waals surface area contributed by atoms with Gasteiger partial charge in [-0.2, -0.15) is 0 Å². The molecule has 1 aliphatic heterocycles. The van der Waals surface area contributed by atoms with Crippen LogP contribution in [0.4, 0.5) is 4.39 Å². The Balaban J connectivity index is 1.94. The second-order valence-corrected chi connectivity index (χ2v) is 5.94. The fourth-order valence-electron chi connectivity index (χ4n) is 2.14. The standard InChI is InChI=1S/C14H16FNO3S/c15-11-3-1-10(2-4-11)9-16-12(17)5-6-13(16)20-8-7-14(18)19/h1-4,13H,5-9H2,(H,18,19)/t13-/m1/s1. The molecule has 0 aliphatic carbocycles. The van der Waals surface area contributed by atoms with Gasteiger partial charge >= 0.3 is 5.97 Å². The van der Waals surface area contributed by atoms with Gasteiger partial charge in [0.2, 0.25) is 5.91 Å². The Hall–Kier alpha value is -1.56. The number of carbonyl (C=O) groups excluding carboxylic acids is 1. The lowest BCUT2D eigenvalue weighted by Gasteiger charge is -2.24. The molecule has 1 aromatic rings. The van der Waals surface area contributed by atoms with Crippen LogP contribution in [-0.2, 0) is 16.1 Å². The van der Waals surface area contributed by atoms with E-state index < -0.39 is 5.97 Å². The number of hydrogen-bond donors (Lipinski definition) is 1. The fraction of sp³-hybridized carbons (Fsp3) is 0.429. The van der Waals surface area contributed by atoms with Gasteiger partial charge in [0.15, 0.2) is 0 Å². The van der Waals surface area contributed by atoms with Crippen LogP contribution >= 0.6 is 11.8 Å². The van der Waals surface area contributed by atoms with E-state index in [0.717, 1.165) is 12.0 Å². The van der Waals surface area contributed by atoms with Gasteiger partial charge in [-0.15, -0.1) is 11.8 Å². The van der Waals surface area contributed by atoms with Crippen molar-refractivity contribution >= 4 is 23.6 Å². The molecule has 0 spiro atoms. The van der Waals surface area contributed by atoms with Crippen LogP contribution in [0.25, 0.3) is 0 Å². The molecule has 6 heteroatoms. The van der Waals surface area contributed by atoms with Crippen LogP contribution in [0.1, 0.15) is 24.8 Å². The topological polar surface area (TPSA) is 57.6 Å². The molecule has 1 heterocycles. The SMILES string of the molecule is O=C(O)CCS[C@@H]1CCC(=O)N1Cc1ccc(F)cc1. The number of amides is 1. The largest absolute Gasteiger partial charge is 0.481 e. The second-order valence-electron chi connectivity index (χ2n) is 4.66. The zero-order valence-electron chi connectivity index (χ0n) is 10.9. The van der Waals surface area contributed by atoms with Gasteiger partial charge in [-0.1, -0.05) is 12.1 Å². The summed E-state index contributed by atoms with van der Waals surface area (Å²) in [7, 11) is 0. The first-order chi connectivity index (χ1) is 9.56. The highest BCUT2D eigenvalue weighted by atomic mass is 32.2. The van der Waals surface area contributed by atoms with Crippen molar-refractivity contribution in [3.8, 4) is 0 Å². The van der Waals surface area contributed by atoms with Gasteiger partial charge in [0.25, 0.3) is 0 Å². The van der Waals surface area contributed by atoms with Gasteiger partial charge in [-0.25, -0.2) is 4.39 Å². The number of nitrogens with zero attached hydrogens (tertiary/aromatic N) is 1. The lowest BCUT2D eigenvalue weighted by molar-refractivity contribution is -0.136. The van der Waals surface area contributed by atoms with E-state index in [9.17, 15) is 14.0 Å². The average molecular weight is 297 g/mol. The Bertz CT molecular complexity index is 492. The van der Waals surface area contributed by atoms with Crippen molar-refractivity contribution in [1.82, 2.24) is 4.90 Å². The zero-order valence-corrected chi connectivity index (χ0v) is 11.7. The van der Waals surface area contributed by atoms with Crippen molar-refractivity contribution in [2.45, 2.75) is 31.2 Å². The first-order valence-corrected chi connectivity index (χ1v) is 7.48. The summed E-state index contributed by atoms with van der Waals surface area (Å²) in [6, 6.07) is 6.09. The van der Waals surface area contributed by atoms with Crippen LogP contribution < -0.4 is 0 Å². The first-order valence-electron chi connectivity index (χ1n) is 6.43. The predicted octanol–water partition coefficient (Wildman–Crippen LogP) is 2.48. The Kier molecular flexibility index (Phi) is 5.00. The first kappa shape index (κ1) is 14.8. The molecule has 4 nitrogen and oxygen atoms in total. The number of carbonyl (C=O) groups is 2. The van der Waals surface area contributed by atoms with E-state index in [1.807, 2.05) is 0 Å². The summed E-state index contributed by atoms with van der Waals surface area (Å²) >= 11 is 1.50. The van der Waals surface area contributed by atoms with E-state index in [-0.39, 0.29) is 23.5 Å². The van der Waals surface area contributed by atoms with Crippen LogP contribution in [0.3, 0.4) is 0 Å². The quantitative estimate of drug-likeness (QED) is 0.876. The van der Waals surface area contributed by atoms with Crippen LogP contribution in [0.5, 0.6) is 0 Å².